The normalized spacial score (nSPS) is 17.8. The Labute approximate surface area is 207 Å². The Morgan fingerprint density at radius 3 is 2.26 bits per heavy atom. The summed E-state index contributed by atoms with van der Waals surface area (Å²) in [6.07, 6.45) is 1.86. The summed E-state index contributed by atoms with van der Waals surface area (Å²) >= 11 is 5.89. The van der Waals surface area contributed by atoms with Crippen molar-refractivity contribution in [3.8, 4) is 5.69 Å². The molecule has 3 heterocycles. The van der Waals surface area contributed by atoms with Gasteiger partial charge in [-0.2, -0.15) is 0 Å². The average molecular weight is 467 g/mol. The van der Waals surface area contributed by atoms with Crippen molar-refractivity contribution in [2.24, 2.45) is 0 Å². The molecular weight excluding hydrogens is 436 g/mol. The van der Waals surface area contributed by atoms with Crippen molar-refractivity contribution in [1.82, 2.24) is 19.8 Å². The van der Waals surface area contributed by atoms with Crippen LogP contribution < -0.4 is 5.32 Å². The Morgan fingerprint density at radius 1 is 0.882 bits per heavy atom. The molecule has 0 radical (unpaired) electrons. The number of aryl methyl sites for hydroxylation is 3. The highest BCUT2D eigenvalue weighted by molar-refractivity contribution is 7.80. The lowest BCUT2D eigenvalue weighted by Crippen LogP contribution is -2.29. The predicted octanol–water partition coefficient (Wildman–Crippen LogP) is 6.28. The van der Waals surface area contributed by atoms with E-state index in [-0.39, 0.29) is 12.1 Å². The van der Waals surface area contributed by atoms with Gasteiger partial charge in [-0.1, -0.05) is 54.6 Å². The van der Waals surface area contributed by atoms with E-state index in [0.717, 1.165) is 17.4 Å². The average Bonchev–Trinajstić information content (AvgIpc) is 3.31. The highest BCUT2D eigenvalue weighted by atomic mass is 32.1. The SMILES string of the molecule is Cc1cccc(C)c1-n1c(C)cc([C@H]2[C@H](c3ccccn3)NC(=S)N2Cc2ccccc2)c1C. The number of aromatic nitrogens is 2. The van der Waals surface area contributed by atoms with Crippen LogP contribution in [-0.4, -0.2) is 19.6 Å². The van der Waals surface area contributed by atoms with Crippen LogP contribution in [0.25, 0.3) is 5.69 Å². The topological polar surface area (TPSA) is 33.1 Å². The Kier molecular flexibility index (Phi) is 5.96. The molecule has 5 rings (SSSR count). The van der Waals surface area contributed by atoms with Crippen LogP contribution in [0.1, 0.15) is 51.4 Å². The first-order valence-corrected chi connectivity index (χ1v) is 12.1. The maximum absolute atomic E-state index is 5.89. The molecule has 4 aromatic rings. The standard InChI is InChI=1S/C29H30N4S/c1-19-11-10-12-20(2)27(19)33-21(3)17-24(22(33)4)28-26(25-15-8-9-16-30-25)31-29(34)32(28)18-23-13-6-5-7-14-23/h5-17,26,28H,18H2,1-4H3,(H,31,34)/t26-,28-/m0/s1. The van der Waals surface area contributed by atoms with E-state index in [4.69, 9.17) is 17.2 Å². The summed E-state index contributed by atoms with van der Waals surface area (Å²) in [5.74, 6) is 0. The van der Waals surface area contributed by atoms with Crippen molar-refractivity contribution in [2.45, 2.75) is 46.3 Å². The molecule has 0 saturated carbocycles. The molecule has 0 spiro atoms. The minimum Gasteiger partial charge on any atom is -0.352 e. The molecule has 1 N–H and O–H groups in total. The third kappa shape index (κ3) is 3.90. The number of nitrogens with one attached hydrogen (secondary N) is 1. The van der Waals surface area contributed by atoms with Gasteiger partial charge in [0.05, 0.1) is 23.5 Å². The molecule has 4 nitrogen and oxygen atoms in total. The van der Waals surface area contributed by atoms with Crippen LogP contribution >= 0.6 is 12.2 Å². The van der Waals surface area contributed by atoms with E-state index < -0.39 is 0 Å². The fourth-order valence-corrected chi connectivity index (χ4v) is 5.59. The van der Waals surface area contributed by atoms with Crippen molar-refractivity contribution in [1.29, 1.82) is 0 Å². The first-order chi connectivity index (χ1) is 16.5. The van der Waals surface area contributed by atoms with Crippen molar-refractivity contribution in [3.63, 3.8) is 0 Å². The summed E-state index contributed by atoms with van der Waals surface area (Å²) in [5, 5.41) is 4.36. The van der Waals surface area contributed by atoms with Gasteiger partial charge in [0.25, 0.3) is 0 Å². The van der Waals surface area contributed by atoms with E-state index >= 15 is 0 Å². The van der Waals surface area contributed by atoms with Crippen LogP contribution in [0.15, 0.2) is 79.0 Å². The summed E-state index contributed by atoms with van der Waals surface area (Å²) < 4.78 is 2.40. The molecule has 1 aliphatic heterocycles. The smallest absolute Gasteiger partial charge is 0.170 e. The fraction of sp³-hybridized carbons (Fsp3) is 0.241. The van der Waals surface area contributed by atoms with Crippen LogP contribution in [0.5, 0.6) is 0 Å². The number of hydrogen-bond acceptors (Lipinski definition) is 2. The number of pyridine rings is 1. The first kappa shape index (κ1) is 22.4. The monoisotopic (exact) mass is 466 g/mol. The van der Waals surface area contributed by atoms with Crippen molar-refractivity contribution in [2.75, 3.05) is 0 Å². The van der Waals surface area contributed by atoms with E-state index in [1.165, 1.54) is 39.3 Å². The maximum Gasteiger partial charge on any atom is 0.170 e. The van der Waals surface area contributed by atoms with Gasteiger partial charge in [-0.25, -0.2) is 0 Å². The van der Waals surface area contributed by atoms with Gasteiger partial charge >= 0.3 is 0 Å². The molecule has 1 fully saturated rings. The molecule has 172 valence electrons. The van der Waals surface area contributed by atoms with Crippen LogP contribution in [0.3, 0.4) is 0 Å². The summed E-state index contributed by atoms with van der Waals surface area (Å²) in [7, 11) is 0. The van der Waals surface area contributed by atoms with Crippen LogP contribution in [0.4, 0.5) is 0 Å². The van der Waals surface area contributed by atoms with E-state index in [2.05, 4.69) is 103 Å². The number of benzene rings is 2. The molecule has 0 unspecified atom stereocenters. The fourth-order valence-electron chi connectivity index (χ4n) is 5.28. The van der Waals surface area contributed by atoms with Crippen LogP contribution in [0, 0.1) is 27.7 Å². The van der Waals surface area contributed by atoms with Gasteiger partial charge in [0.1, 0.15) is 0 Å². The molecule has 34 heavy (non-hydrogen) atoms. The van der Waals surface area contributed by atoms with E-state index in [1.807, 2.05) is 18.3 Å². The molecule has 0 bridgehead atoms. The third-order valence-electron chi connectivity index (χ3n) is 6.85. The summed E-state index contributed by atoms with van der Waals surface area (Å²) in [4.78, 5) is 7.02. The van der Waals surface area contributed by atoms with Crippen molar-refractivity contribution >= 4 is 17.3 Å². The molecular formula is C29H30N4S. The first-order valence-electron chi connectivity index (χ1n) is 11.7. The Morgan fingerprint density at radius 2 is 1.59 bits per heavy atom. The van der Waals surface area contributed by atoms with Gasteiger partial charge in [0.15, 0.2) is 5.11 Å². The zero-order chi connectivity index (χ0) is 23.8. The molecule has 5 heteroatoms. The van der Waals surface area contributed by atoms with Gasteiger partial charge in [-0.15, -0.1) is 0 Å². The summed E-state index contributed by atoms with van der Waals surface area (Å²) in [6.45, 7) is 9.54. The second-order valence-corrected chi connectivity index (χ2v) is 9.53. The summed E-state index contributed by atoms with van der Waals surface area (Å²) in [6, 6.07) is 25.5. The van der Waals surface area contributed by atoms with E-state index in [0.29, 0.717) is 0 Å². The van der Waals surface area contributed by atoms with Gasteiger partial charge < -0.3 is 14.8 Å². The molecule has 1 aliphatic rings. The number of rotatable bonds is 5. The maximum atomic E-state index is 5.89. The van der Waals surface area contributed by atoms with Gasteiger partial charge in [-0.05, 0) is 80.4 Å². The predicted molar refractivity (Wildman–Crippen MR) is 142 cm³/mol. The Hall–Kier alpha value is -3.44. The summed E-state index contributed by atoms with van der Waals surface area (Å²) in [5.41, 5.74) is 9.80. The number of para-hydroxylation sites is 1. The lowest BCUT2D eigenvalue weighted by Gasteiger charge is -2.28. The van der Waals surface area contributed by atoms with Gasteiger partial charge in [0, 0.05) is 24.1 Å². The molecule has 1 saturated heterocycles. The molecule has 2 aromatic carbocycles. The lowest BCUT2D eigenvalue weighted by molar-refractivity contribution is 0.310. The highest BCUT2D eigenvalue weighted by Gasteiger charge is 2.41. The van der Waals surface area contributed by atoms with Gasteiger partial charge in [-0.3, -0.25) is 4.98 Å². The van der Waals surface area contributed by atoms with Crippen LogP contribution in [-0.2, 0) is 6.54 Å². The number of hydrogen-bond donors (Lipinski definition) is 1. The largest absolute Gasteiger partial charge is 0.352 e. The number of nitrogens with zero attached hydrogens (tertiary/aromatic N) is 3. The second kappa shape index (κ2) is 9.07. The minimum atomic E-state index is -0.0238. The van der Waals surface area contributed by atoms with Crippen molar-refractivity contribution < 1.29 is 0 Å². The molecule has 0 amide bonds. The third-order valence-corrected chi connectivity index (χ3v) is 7.20. The highest BCUT2D eigenvalue weighted by Crippen LogP contribution is 2.42. The Balaban J connectivity index is 1.65. The van der Waals surface area contributed by atoms with E-state index in [1.54, 1.807) is 0 Å². The van der Waals surface area contributed by atoms with Crippen molar-refractivity contribution in [3.05, 3.63) is 118 Å². The van der Waals surface area contributed by atoms with Gasteiger partial charge in [0.2, 0.25) is 0 Å². The van der Waals surface area contributed by atoms with Crippen LogP contribution in [0.2, 0.25) is 0 Å². The molecule has 0 aliphatic carbocycles. The second-order valence-electron chi connectivity index (χ2n) is 9.14. The number of thiocarbonyl (C=S) groups is 1. The minimum absolute atomic E-state index is 0.0238. The quantitative estimate of drug-likeness (QED) is 0.351. The zero-order valence-electron chi connectivity index (χ0n) is 20.1. The van der Waals surface area contributed by atoms with E-state index in [9.17, 15) is 0 Å². The zero-order valence-corrected chi connectivity index (χ0v) is 20.9. The molecule has 2 atom stereocenters. The Bertz CT molecular complexity index is 1310. The lowest BCUT2D eigenvalue weighted by atomic mass is 9.96. The molecule has 2 aromatic heterocycles.